The number of nitrogens with one attached hydrogen (secondary N) is 3. The van der Waals surface area contributed by atoms with E-state index in [2.05, 4.69) is 20.9 Å². The Morgan fingerprint density at radius 3 is 2.61 bits per heavy atom. The van der Waals surface area contributed by atoms with Gasteiger partial charge < -0.3 is 20.7 Å². The maximum atomic E-state index is 13.7. The number of urea groups is 1. The number of carbonyl (C=O) groups is 2. The van der Waals surface area contributed by atoms with Crippen molar-refractivity contribution >= 4 is 17.6 Å². The van der Waals surface area contributed by atoms with Crippen molar-refractivity contribution in [2.75, 3.05) is 44.7 Å². The van der Waals surface area contributed by atoms with Gasteiger partial charge >= 0.3 is 6.03 Å². The summed E-state index contributed by atoms with van der Waals surface area (Å²) in [6, 6.07) is 13.3. The minimum atomic E-state index is -0.450. The number of anilines is 1. The lowest BCUT2D eigenvalue weighted by Gasteiger charge is -2.34. The lowest BCUT2D eigenvalue weighted by molar-refractivity contribution is -0.115. The molecule has 8 heteroatoms. The highest BCUT2D eigenvalue weighted by Crippen LogP contribution is 2.22. The number of amides is 3. The average Bonchev–Trinajstić information content (AvgIpc) is 2.79. The van der Waals surface area contributed by atoms with Gasteiger partial charge in [0.1, 0.15) is 5.82 Å². The predicted octanol–water partition coefficient (Wildman–Crippen LogP) is 2.70. The molecule has 0 saturated carbocycles. The molecular formula is C23H29FN4O3. The zero-order valence-electron chi connectivity index (χ0n) is 17.7. The van der Waals surface area contributed by atoms with Gasteiger partial charge in [0.25, 0.3) is 0 Å². The van der Waals surface area contributed by atoms with Crippen molar-refractivity contribution in [2.24, 2.45) is 0 Å². The second-order valence-corrected chi connectivity index (χ2v) is 7.34. The van der Waals surface area contributed by atoms with Gasteiger partial charge in [0.2, 0.25) is 5.91 Å². The molecule has 166 valence electrons. The molecule has 3 amide bonds. The number of para-hydroxylation sites is 1. The summed E-state index contributed by atoms with van der Waals surface area (Å²) in [5, 5.41) is 8.21. The summed E-state index contributed by atoms with van der Waals surface area (Å²) < 4.78 is 19.2. The van der Waals surface area contributed by atoms with Crippen LogP contribution in [0.3, 0.4) is 0 Å². The van der Waals surface area contributed by atoms with Gasteiger partial charge in [-0.05, 0) is 35.7 Å². The van der Waals surface area contributed by atoms with Crippen LogP contribution < -0.4 is 16.0 Å². The van der Waals surface area contributed by atoms with Crippen molar-refractivity contribution in [1.29, 1.82) is 0 Å². The van der Waals surface area contributed by atoms with Gasteiger partial charge in [-0.3, -0.25) is 9.69 Å². The third-order valence-electron chi connectivity index (χ3n) is 5.26. The first-order valence-corrected chi connectivity index (χ1v) is 10.5. The Morgan fingerprint density at radius 1 is 1.10 bits per heavy atom. The molecule has 0 spiro atoms. The van der Waals surface area contributed by atoms with Crippen LogP contribution in [0.5, 0.6) is 0 Å². The van der Waals surface area contributed by atoms with Crippen LogP contribution in [-0.4, -0.2) is 56.2 Å². The first kappa shape index (κ1) is 22.7. The molecule has 1 aliphatic rings. The van der Waals surface area contributed by atoms with E-state index in [0.717, 1.165) is 23.2 Å². The Morgan fingerprint density at radius 2 is 1.87 bits per heavy atom. The third kappa shape index (κ3) is 6.77. The molecule has 1 saturated heterocycles. The van der Waals surface area contributed by atoms with Crippen LogP contribution in [0, 0.1) is 5.82 Å². The summed E-state index contributed by atoms with van der Waals surface area (Å²) in [5.41, 5.74) is 2.57. The summed E-state index contributed by atoms with van der Waals surface area (Å²) in [5.74, 6) is -0.616. The van der Waals surface area contributed by atoms with Gasteiger partial charge in [-0.25, -0.2) is 9.18 Å². The van der Waals surface area contributed by atoms with Crippen molar-refractivity contribution in [3.05, 3.63) is 65.5 Å². The first-order chi connectivity index (χ1) is 15.1. The van der Waals surface area contributed by atoms with Gasteiger partial charge in [-0.1, -0.05) is 37.3 Å². The van der Waals surface area contributed by atoms with E-state index in [1.165, 1.54) is 12.1 Å². The molecule has 7 nitrogen and oxygen atoms in total. The number of halogens is 1. The molecule has 1 unspecified atom stereocenters. The highest BCUT2D eigenvalue weighted by Gasteiger charge is 2.23. The molecule has 0 radical (unpaired) electrons. The maximum Gasteiger partial charge on any atom is 0.315 e. The van der Waals surface area contributed by atoms with Crippen LogP contribution in [0.2, 0.25) is 0 Å². The van der Waals surface area contributed by atoms with Crippen LogP contribution >= 0.6 is 0 Å². The molecule has 3 N–H and O–H groups in total. The van der Waals surface area contributed by atoms with E-state index in [4.69, 9.17) is 4.74 Å². The molecule has 1 atom stereocenters. The van der Waals surface area contributed by atoms with Crippen LogP contribution in [0.25, 0.3) is 0 Å². The number of hydrogen-bond donors (Lipinski definition) is 3. The molecule has 0 aromatic heterocycles. The van der Waals surface area contributed by atoms with Gasteiger partial charge in [-0.15, -0.1) is 0 Å². The quantitative estimate of drug-likeness (QED) is 0.604. The second kappa shape index (κ2) is 11.4. The summed E-state index contributed by atoms with van der Waals surface area (Å²) in [6.07, 6.45) is 0.799. The number of aryl methyl sites for hydroxylation is 1. The van der Waals surface area contributed by atoms with E-state index >= 15 is 0 Å². The number of ether oxygens (including phenoxy) is 1. The SMILES string of the molecule is CCc1ccccc1NC(=O)CNC(=O)NCC(c1cccc(F)c1)N1CCOCC1. The number of morpholine rings is 1. The smallest absolute Gasteiger partial charge is 0.315 e. The Labute approximate surface area is 182 Å². The van der Waals surface area contributed by atoms with Gasteiger partial charge in [-0.2, -0.15) is 0 Å². The fraction of sp³-hybridized carbons (Fsp3) is 0.391. The fourth-order valence-electron chi connectivity index (χ4n) is 3.62. The molecule has 3 rings (SSSR count). The average molecular weight is 429 g/mol. The van der Waals surface area contributed by atoms with Gasteiger partial charge in [0, 0.05) is 25.3 Å². The predicted molar refractivity (Wildman–Crippen MR) is 117 cm³/mol. The van der Waals surface area contributed by atoms with E-state index in [1.54, 1.807) is 6.07 Å². The van der Waals surface area contributed by atoms with E-state index in [-0.39, 0.29) is 30.9 Å². The van der Waals surface area contributed by atoms with Crippen molar-refractivity contribution in [1.82, 2.24) is 15.5 Å². The Kier molecular flexibility index (Phi) is 8.37. The lowest BCUT2D eigenvalue weighted by atomic mass is 10.0. The zero-order valence-corrected chi connectivity index (χ0v) is 17.7. The van der Waals surface area contributed by atoms with E-state index in [1.807, 2.05) is 37.3 Å². The number of carbonyl (C=O) groups excluding carboxylic acids is 2. The van der Waals surface area contributed by atoms with Crippen LogP contribution in [-0.2, 0) is 16.0 Å². The Bertz CT molecular complexity index is 887. The molecule has 0 aliphatic carbocycles. The summed E-state index contributed by atoms with van der Waals surface area (Å²) in [6.45, 7) is 4.74. The van der Waals surface area contributed by atoms with Crippen LogP contribution in [0.4, 0.5) is 14.9 Å². The number of hydrogen-bond acceptors (Lipinski definition) is 4. The van der Waals surface area contributed by atoms with E-state index in [9.17, 15) is 14.0 Å². The number of benzene rings is 2. The summed E-state index contributed by atoms with van der Waals surface area (Å²) in [7, 11) is 0. The van der Waals surface area contributed by atoms with Crippen molar-refractivity contribution in [2.45, 2.75) is 19.4 Å². The molecule has 1 aliphatic heterocycles. The Hall–Kier alpha value is -2.97. The Balaban J connectivity index is 1.52. The summed E-state index contributed by atoms with van der Waals surface area (Å²) >= 11 is 0. The van der Waals surface area contributed by atoms with Crippen LogP contribution in [0.1, 0.15) is 24.1 Å². The lowest BCUT2D eigenvalue weighted by Crippen LogP contribution is -2.46. The van der Waals surface area contributed by atoms with Crippen molar-refractivity contribution < 1.29 is 18.7 Å². The molecule has 31 heavy (non-hydrogen) atoms. The standard InChI is InChI=1S/C23H29FN4O3/c1-2-17-6-3-4-9-20(17)27-22(29)16-26-23(30)25-15-21(28-10-12-31-13-11-28)18-7-5-8-19(24)14-18/h3-9,14,21H,2,10-13,15-16H2,1H3,(H,27,29)(H2,25,26,30). The topological polar surface area (TPSA) is 82.7 Å². The largest absolute Gasteiger partial charge is 0.379 e. The molecule has 0 bridgehead atoms. The van der Waals surface area contributed by atoms with Crippen molar-refractivity contribution in [3.8, 4) is 0 Å². The van der Waals surface area contributed by atoms with Crippen molar-refractivity contribution in [3.63, 3.8) is 0 Å². The molecule has 2 aromatic rings. The minimum Gasteiger partial charge on any atom is -0.379 e. The van der Waals surface area contributed by atoms with Crippen LogP contribution in [0.15, 0.2) is 48.5 Å². The molecular weight excluding hydrogens is 399 g/mol. The zero-order chi connectivity index (χ0) is 22.1. The van der Waals surface area contributed by atoms with E-state index < -0.39 is 6.03 Å². The van der Waals surface area contributed by atoms with Gasteiger partial charge in [0.15, 0.2) is 0 Å². The minimum absolute atomic E-state index is 0.147. The fourth-order valence-corrected chi connectivity index (χ4v) is 3.62. The van der Waals surface area contributed by atoms with E-state index in [0.29, 0.717) is 26.3 Å². The number of rotatable bonds is 8. The van der Waals surface area contributed by atoms with Gasteiger partial charge in [0.05, 0.1) is 25.8 Å². The maximum absolute atomic E-state index is 13.7. The molecule has 2 aromatic carbocycles. The number of nitrogens with zero attached hydrogens (tertiary/aromatic N) is 1. The summed E-state index contributed by atoms with van der Waals surface area (Å²) in [4.78, 5) is 26.7. The first-order valence-electron chi connectivity index (χ1n) is 10.5. The highest BCUT2D eigenvalue weighted by atomic mass is 19.1. The third-order valence-corrected chi connectivity index (χ3v) is 5.26. The highest BCUT2D eigenvalue weighted by molar-refractivity contribution is 5.94. The molecule has 1 fully saturated rings. The normalized spacial score (nSPS) is 15.2. The molecule has 1 heterocycles. The second-order valence-electron chi connectivity index (χ2n) is 7.34. The monoisotopic (exact) mass is 428 g/mol.